The van der Waals surface area contributed by atoms with Gasteiger partial charge in [0.15, 0.2) is 8.32 Å². The summed E-state index contributed by atoms with van der Waals surface area (Å²) in [6.45, 7) is 12.4. The van der Waals surface area contributed by atoms with Crippen LogP contribution in [-0.4, -0.2) is 30.4 Å². The molecular weight excluding hydrogens is 304 g/mol. The van der Waals surface area contributed by atoms with Crippen molar-refractivity contribution >= 4 is 25.2 Å². The minimum Gasteiger partial charge on any atom is -0.466 e. The summed E-state index contributed by atoms with van der Waals surface area (Å²) in [6.07, 6.45) is -0.470. The molecule has 120 valence electrons. The van der Waals surface area contributed by atoms with Gasteiger partial charge in [-0.15, -0.1) is 0 Å². The normalized spacial score (nSPS) is 15.8. The Bertz CT molecular complexity index is 451. The largest absolute Gasteiger partial charge is 0.466 e. The van der Waals surface area contributed by atoms with Crippen molar-refractivity contribution in [3.63, 3.8) is 0 Å². The zero-order chi connectivity index (χ0) is 16.3. The number of furan rings is 1. The highest BCUT2D eigenvalue weighted by Crippen LogP contribution is 2.39. The first-order chi connectivity index (χ1) is 9.60. The van der Waals surface area contributed by atoms with Gasteiger partial charge in [0.05, 0.1) is 6.26 Å². The molecule has 4 nitrogen and oxygen atoms in total. The number of carbonyl (C=O) groups excluding carboxylic acids is 1. The fourth-order valence-corrected chi connectivity index (χ4v) is 3.50. The number of aliphatic hydroxyl groups is 1. The molecule has 21 heavy (non-hydrogen) atoms. The van der Waals surface area contributed by atoms with Crippen LogP contribution in [0.2, 0.25) is 18.1 Å². The number of rotatable bonds is 6. The van der Waals surface area contributed by atoms with Crippen molar-refractivity contribution < 1.29 is 18.7 Å². The topological polar surface area (TPSA) is 59.7 Å². The van der Waals surface area contributed by atoms with Crippen LogP contribution in [-0.2, 0) is 9.22 Å². The molecule has 0 aliphatic carbocycles. The number of hydrogen-bond donors (Lipinski definition) is 1. The number of hydrogen-bond acceptors (Lipinski definition) is 5. The molecule has 0 radical (unpaired) electrons. The van der Waals surface area contributed by atoms with E-state index in [1.807, 2.05) is 6.92 Å². The van der Waals surface area contributed by atoms with E-state index in [1.165, 1.54) is 18.0 Å². The van der Waals surface area contributed by atoms with Crippen molar-refractivity contribution in [3.8, 4) is 0 Å². The summed E-state index contributed by atoms with van der Waals surface area (Å²) >= 11 is 1.17. The first-order valence-electron chi connectivity index (χ1n) is 7.16. The van der Waals surface area contributed by atoms with E-state index in [9.17, 15) is 9.90 Å². The average molecular weight is 331 g/mol. The van der Waals surface area contributed by atoms with Gasteiger partial charge in [-0.05, 0) is 36.0 Å². The van der Waals surface area contributed by atoms with Gasteiger partial charge in [0.2, 0.25) is 5.12 Å². The molecule has 0 aliphatic heterocycles. The Labute approximate surface area is 132 Å². The molecular formula is C15H26O4SSi. The predicted octanol–water partition coefficient (Wildman–Crippen LogP) is 3.98. The van der Waals surface area contributed by atoms with E-state index in [0.29, 0.717) is 11.5 Å². The van der Waals surface area contributed by atoms with Gasteiger partial charge in [-0.25, -0.2) is 0 Å². The molecule has 1 heterocycles. The summed E-state index contributed by atoms with van der Waals surface area (Å²) in [4.78, 5) is 12.3. The summed E-state index contributed by atoms with van der Waals surface area (Å²) in [5, 5.41) is 10.3. The van der Waals surface area contributed by atoms with E-state index < -0.39 is 20.5 Å². The molecule has 0 aliphatic rings. The third kappa shape index (κ3) is 4.71. The maximum absolute atomic E-state index is 12.3. The van der Waals surface area contributed by atoms with Gasteiger partial charge in [-0.2, -0.15) is 0 Å². The third-order valence-electron chi connectivity index (χ3n) is 3.87. The Morgan fingerprint density at radius 3 is 2.52 bits per heavy atom. The van der Waals surface area contributed by atoms with E-state index in [-0.39, 0.29) is 10.2 Å². The average Bonchev–Trinajstić information content (AvgIpc) is 2.87. The monoisotopic (exact) mass is 330 g/mol. The Hall–Kier alpha value is -0.563. The van der Waals surface area contributed by atoms with Crippen LogP contribution in [0, 0.1) is 0 Å². The Morgan fingerprint density at radius 1 is 1.48 bits per heavy atom. The second-order valence-corrected chi connectivity index (χ2v) is 12.5. The van der Waals surface area contributed by atoms with E-state index in [0.717, 1.165) is 0 Å². The van der Waals surface area contributed by atoms with E-state index in [4.69, 9.17) is 8.84 Å². The van der Waals surface area contributed by atoms with Crippen molar-refractivity contribution in [2.75, 3.05) is 5.75 Å². The smallest absolute Gasteiger partial charge is 0.219 e. The lowest BCUT2D eigenvalue weighted by Gasteiger charge is -2.39. The van der Waals surface area contributed by atoms with Crippen molar-refractivity contribution in [1.82, 2.24) is 0 Å². The van der Waals surface area contributed by atoms with Crippen LogP contribution in [0.5, 0.6) is 0 Å². The molecule has 0 amide bonds. The molecule has 1 rings (SSSR count). The minimum absolute atomic E-state index is 0.0364. The van der Waals surface area contributed by atoms with Crippen LogP contribution in [0.15, 0.2) is 22.8 Å². The highest BCUT2D eigenvalue weighted by Gasteiger charge is 2.43. The Balaban J connectivity index is 3.01. The lowest BCUT2D eigenvalue weighted by molar-refractivity contribution is -0.123. The lowest BCUT2D eigenvalue weighted by Crippen LogP contribution is -2.47. The predicted molar refractivity (Wildman–Crippen MR) is 88.9 cm³/mol. The van der Waals surface area contributed by atoms with Crippen LogP contribution >= 0.6 is 11.8 Å². The second kappa shape index (κ2) is 7.13. The first kappa shape index (κ1) is 18.5. The second-order valence-electron chi connectivity index (χ2n) is 6.51. The van der Waals surface area contributed by atoms with Gasteiger partial charge in [0.25, 0.3) is 0 Å². The van der Waals surface area contributed by atoms with Gasteiger partial charge in [-0.3, -0.25) is 4.79 Å². The molecule has 0 saturated heterocycles. The number of aliphatic hydroxyl groups excluding tert-OH is 1. The van der Waals surface area contributed by atoms with Crippen molar-refractivity contribution in [3.05, 3.63) is 24.2 Å². The fourth-order valence-electron chi connectivity index (χ4n) is 1.57. The molecule has 0 spiro atoms. The quantitative estimate of drug-likeness (QED) is 0.799. The molecule has 0 fully saturated rings. The Kier molecular flexibility index (Phi) is 6.28. The summed E-state index contributed by atoms with van der Waals surface area (Å²) in [6, 6.07) is 3.36. The van der Waals surface area contributed by atoms with Crippen LogP contribution in [0.25, 0.3) is 0 Å². The molecule has 0 unspecified atom stereocenters. The highest BCUT2D eigenvalue weighted by molar-refractivity contribution is 8.13. The van der Waals surface area contributed by atoms with Crippen LogP contribution in [0.3, 0.4) is 0 Å². The maximum Gasteiger partial charge on any atom is 0.219 e. The molecule has 1 aromatic heterocycles. The first-order valence-corrected chi connectivity index (χ1v) is 11.1. The number of carbonyl (C=O) groups is 1. The van der Waals surface area contributed by atoms with Gasteiger partial charge in [0.1, 0.15) is 18.0 Å². The molecule has 1 N–H and O–H groups in total. The molecule has 1 aromatic rings. The van der Waals surface area contributed by atoms with Crippen molar-refractivity contribution in [2.24, 2.45) is 0 Å². The van der Waals surface area contributed by atoms with E-state index >= 15 is 0 Å². The highest BCUT2D eigenvalue weighted by atomic mass is 32.2. The minimum atomic E-state index is -2.17. The fraction of sp³-hybridized carbons (Fsp3) is 0.667. The molecule has 0 saturated carbocycles. The molecule has 6 heteroatoms. The van der Waals surface area contributed by atoms with Crippen LogP contribution in [0.1, 0.15) is 39.6 Å². The Morgan fingerprint density at radius 2 is 2.10 bits per heavy atom. The lowest BCUT2D eigenvalue weighted by atomic mass is 10.2. The summed E-state index contributed by atoms with van der Waals surface area (Å²) in [5.41, 5.74) is 0. The summed E-state index contributed by atoms with van der Waals surface area (Å²) in [7, 11) is -2.17. The molecule has 2 atom stereocenters. The zero-order valence-corrected chi connectivity index (χ0v) is 15.5. The maximum atomic E-state index is 12.3. The SMILES string of the molecule is CCSC(=O)[C@H](O[Si](C)(C)C(C)(C)C)[C@@H](O)c1ccco1. The van der Waals surface area contributed by atoms with Crippen LogP contribution < -0.4 is 0 Å². The third-order valence-corrected chi connectivity index (χ3v) is 9.13. The van der Waals surface area contributed by atoms with Gasteiger partial charge in [0, 0.05) is 0 Å². The van der Waals surface area contributed by atoms with Crippen molar-refractivity contribution in [1.29, 1.82) is 0 Å². The summed E-state index contributed by atoms with van der Waals surface area (Å²) < 4.78 is 11.4. The van der Waals surface area contributed by atoms with Gasteiger partial charge >= 0.3 is 0 Å². The summed E-state index contributed by atoms with van der Waals surface area (Å²) in [5.74, 6) is 1.02. The number of thioether (sulfide) groups is 1. The van der Waals surface area contributed by atoms with Gasteiger partial charge in [-0.1, -0.05) is 39.5 Å². The molecule has 0 bridgehead atoms. The standard InChI is InChI=1S/C15H26O4SSi/c1-7-20-14(17)13(12(16)11-9-8-10-18-11)19-21(5,6)15(2,3)4/h8-10,12-13,16H,7H2,1-6H3/t12-,13+/m0/s1. The van der Waals surface area contributed by atoms with Crippen LogP contribution in [0.4, 0.5) is 0 Å². The zero-order valence-electron chi connectivity index (χ0n) is 13.7. The van der Waals surface area contributed by atoms with E-state index in [1.54, 1.807) is 12.1 Å². The molecule has 0 aromatic carbocycles. The van der Waals surface area contributed by atoms with Gasteiger partial charge < -0.3 is 13.9 Å². The van der Waals surface area contributed by atoms with Crippen molar-refractivity contribution in [2.45, 2.75) is 58.0 Å². The van der Waals surface area contributed by atoms with E-state index in [2.05, 4.69) is 33.9 Å².